The lowest BCUT2D eigenvalue weighted by atomic mass is 10.0. The van der Waals surface area contributed by atoms with Gasteiger partial charge in [0.1, 0.15) is 12.6 Å². The third-order valence-corrected chi connectivity index (χ3v) is 9.45. The molecule has 9 heteroatoms. The van der Waals surface area contributed by atoms with E-state index >= 15 is 0 Å². The summed E-state index contributed by atoms with van der Waals surface area (Å²) in [5.74, 6) is -0.860. The zero-order valence-corrected chi connectivity index (χ0v) is 27.9. The van der Waals surface area contributed by atoms with E-state index in [1.165, 1.54) is 17.0 Å². The predicted octanol–water partition coefficient (Wildman–Crippen LogP) is 6.71. The minimum absolute atomic E-state index is 0.0334. The van der Waals surface area contributed by atoms with Crippen LogP contribution in [0.5, 0.6) is 0 Å². The van der Waals surface area contributed by atoms with Gasteiger partial charge < -0.3 is 10.2 Å². The van der Waals surface area contributed by atoms with E-state index < -0.39 is 34.1 Å². The van der Waals surface area contributed by atoms with Crippen molar-refractivity contribution in [2.75, 3.05) is 10.8 Å². The van der Waals surface area contributed by atoms with Crippen LogP contribution in [0, 0.1) is 13.8 Å². The molecular formula is C36H40ClN3O4S. The summed E-state index contributed by atoms with van der Waals surface area (Å²) in [7, 11) is -4.20. The number of halogens is 1. The molecule has 45 heavy (non-hydrogen) atoms. The van der Waals surface area contributed by atoms with Crippen molar-refractivity contribution in [3.63, 3.8) is 0 Å². The highest BCUT2D eigenvalue weighted by molar-refractivity contribution is 7.92. The molecule has 1 atom stereocenters. The SMILES string of the molecule is Cc1cccc(CN(C(=O)CN(c2ccc(C)c(Cl)c2)S(=O)(=O)c2ccccc2)[C@@H](Cc2ccccc2)C(=O)NC(C)(C)C)c1. The van der Waals surface area contributed by atoms with Gasteiger partial charge in [0.2, 0.25) is 11.8 Å². The van der Waals surface area contributed by atoms with E-state index in [2.05, 4.69) is 5.32 Å². The zero-order chi connectivity index (χ0) is 32.8. The van der Waals surface area contributed by atoms with Crippen LogP contribution in [0.25, 0.3) is 0 Å². The average molecular weight is 646 g/mol. The monoisotopic (exact) mass is 645 g/mol. The van der Waals surface area contributed by atoms with Crippen LogP contribution >= 0.6 is 11.6 Å². The molecule has 236 valence electrons. The summed E-state index contributed by atoms with van der Waals surface area (Å²) in [6.07, 6.45) is 0.238. The largest absolute Gasteiger partial charge is 0.350 e. The topological polar surface area (TPSA) is 86.8 Å². The third-order valence-electron chi connectivity index (χ3n) is 7.26. The fraction of sp³-hybridized carbons (Fsp3) is 0.278. The molecule has 0 saturated carbocycles. The van der Waals surface area contributed by atoms with Gasteiger partial charge in [-0.15, -0.1) is 0 Å². The molecule has 4 rings (SSSR count). The number of nitrogens with zero attached hydrogens (tertiary/aromatic N) is 2. The maximum Gasteiger partial charge on any atom is 0.264 e. The van der Waals surface area contributed by atoms with Gasteiger partial charge in [-0.2, -0.15) is 0 Å². The Morgan fingerprint density at radius 1 is 0.822 bits per heavy atom. The van der Waals surface area contributed by atoms with Crippen LogP contribution in [0.3, 0.4) is 0 Å². The Labute approximate surface area is 271 Å². The number of hydrogen-bond donors (Lipinski definition) is 1. The molecule has 0 bridgehead atoms. The van der Waals surface area contributed by atoms with Gasteiger partial charge in [-0.3, -0.25) is 13.9 Å². The molecule has 0 saturated heterocycles. The number of amides is 2. The lowest BCUT2D eigenvalue weighted by Gasteiger charge is -2.35. The second kappa shape index (κ2) is 14.3. The molecule has 0 aliphatic carbocycles. The number of nitrogens with one attached hydrogen (secondary N) is 1. The molecule has 4 aromatic carbocycles. The summed E-state index contributed by atoms with van der Waals surface area (Å²) >= 11 is 6.45. The van der Waals surface area contributed by atoms with E-state index in [9.17, 15) is 18.0 Å². The highest BCUT2D eigenvalue weighted by atomic mass is 35.5. The van der Waals surface area contributed by atoms with Crippen molar-refractivity contribution in [1.29, 1.82) is 0 Å². The fourth-order valence-corrected chi connectivity index (χ4v) is 6.60. The first-order chi connectivity index (χ1) is 21.2. The van der Waals surface area contributed by atoms with Crippen molar-refractivity contribution in [3.8, 4) is 0 Å². The molecule has 0 spiro atoms. The molecule has 0 fully saturated rings. The molecule has 0 heterocycles. The molecule has 4 aromatic rings. The zero-order valence-electron chi connectivity index (χ0n) is 26.3. The Hall–Kier alpha value is -4.14. The number of carbonyl (C=O) groups excluding carboxylic acids is 2. The Morgan fingerprint density at radius 3 is 2.04 bits per heavy atom. The molecule has 0 aromatic heterocycles. The van der Waals surface area contributed by atoms with Crippen molar-refractivity contribution < 1.29 is 18.0 Å². The second-order valence-corrected chi connectivity index (χ2v) is 14.5. The second-order valence-electron chi connectivity index (χ2n) is 12.2. The lowest BCUT2D eigenvalue weighted by molar-refractivity contribution is -0.140. The number of rotatable bonds is 11. The van der Waals surface area contributed by atoms with Crippen LogP contribution in [0.15, 0.2) is 108 Å². The number of carbonyl (C=O) groups is 2. The van der Waals surface area contributed by atoms with Crippen LogP contribution in [0.4, 0.5) is 5.69 Å². The molecule has 7 nitrogen and oxygen atoms in total. The lowest BCUT2D eigenvalue weighted by Crippen LogP contribution is -2.56. The highest BCUT2D eigenvalue weighted by Crippen LogP contribution is 2.29. The third kappa shape index (κ3) is 8.96. The van der Waals surface area contributed by atoms with Crippen molar-refractivity contribution in [2.45, 2.75) is 64.1 Å². The smallest absolute Gasteiger partial charge is 0.264 e. The van der Waals surface area contributed by atoms with Gasteiger partial charge in [0.25, 0.3) is 10.0 Å². The Kier molecular flexibility index (Phi) is 10.7. The normalized spacial score (nSPS) is 12.3. The summed E-state index contributed by atoms with van der Waals surface area (Å²) in [6.45, 7) is 8.98. The van der Waals surface area contributed by atoms with E-state index in [0.717, 1.165) is 26.6 Å². The Balaban J connectivity index is 1.83. The van der Waals surface area contributed by atoms with Crippen molar-refractivity contribution in [3.05, 3.63) is 130 Å². The first-order valence-corrected chi connectivity index (χ1v) is 16.6. The van der Waals surface area contributed by atoms with Crippen LogP contribution < -0.4 is 9.62 Å². The summed E-state index contributed by atoms with van der Waals surface area (Å²) in [5.41, 5.74) is 3.14. The van der Waals surface area contributed by atoms with E-state index in [1.54, 1.807) is 36.4 Å². The molecule has 0 aliphatic heterocycles. The van der Waals surface area contributed by atoms with Gasteiger partial charge in [0, 0.05) is 23.5 Å². The number of anilines is 1. The maximum atomic E-state index is 14.6. The first-order valence-electron chi connectivity index (χ1n) is 14.8. The van der Waals surface area contributed by atoms with Crippen molar-refractivity contribution in [1.82, 2.24) is 10.2 Å². The molecule has 0 aliphatic rings. The summed E-state index contributed by atoms with van der Waals surface area (Å²) in [5, 5.41) is 3.42. The van der Waals surface area contributed by atoms with Gasteiger partial charge in [0.05, 0.1) is 10.6 Å². The van der Waals surface area contributed by atoms with Crippen LogP contribution in [0.1, 0.15) is 43.0 Å². The van der Waals surface area contributed by atoms with E-state index in [-0.39, 0.29) is 29.5 Å². The van der Waals surface area contributed by atoms with Gasteiger partial charge in [-0.25, -0.2) is 8.42 Å². The molecule has 0 radical (unpaired) electrons. The number of hydrogen-bond acceptors (Lipinski definition) is 4. The van der Waals surface area contributed by atoms with Crippen molar-refractivity contribution >= 4 is 39.1 Å². The van der Waals surface area contributed by atoms with Crippen LogP contribution in [-0.4, -0.2) is 43.3 Å². The summed E-state index contributed by atoms with van der Waals surface area (Å²) < 4.78 is 29.3. The maximum absolute atomic E-state index is 14.6. The van der Waals surface area contributed by atoms with Crippen LogP contribution in [0.2, 0.25) is 5.02 Å². The van der Waals surface area contributed by atoms with Gasteiger partial charge in [0.15, 0.2) is 0 Å². The number of aryl methyl sites for hydroxylation is 2. The Morgan fingerprint density at radius 2 is 1.44 bits per heavy atom. The van der Waals surface area contributed by atoms with Gasteiger partial charge >= 0.3 is 0 Å². The van der Waals surface area contributed by atoms with Gasteiger partial charge in [-0.1, -0.05) is 96.0 Å². The van der Waals surface area contributed by atoms with E-state index in [4.69, 9.17) is 11.6 Å². The van der Waals surface area contributed by atoms with Crippen LogP contribution in [-0.2, 0) is 32.6 Å². The first kappa shape index (κ1) is 33.7. The van der Waals surface area contributed by atoms with E-state index in [0.29, 0.717) is 5.02 Å². The average Bonchev–Trinajstić information content (AvgIpc) is 2.99. The molecular weight excluding hydrogens is 606 g/mol. The minimum atomic E-state index is -4.20. The predicted molar refractivity (Wildman–Crippen MR) is 181 cm³/mol. The summed E-state index contributed by atoms with van der Waals surface area (Å²) in [6, 6.07) is 29.1. The summed E-state index contributed by atoms with van der Waals surface area (Å²) in [4.78, 5) is 30.0. The van der Waals surface area contributed by atoms with Gasteiger partial charge in [-0.05, 0) is 75.6 Å². The number of benzene rings is 4. The minimum Gasteiger partial charge on any atom is -0.350 e. The molecule has 1 N–H and O–H groups in total. The number of sulfonamides is 1. The highest BCUT2D eigenvalue weighted by Gasteiger charge is 2.35. The molecule has 2 amide bonds. The van der Waals surface area contributed by atoms with E-state index in [1.807, 2.05) is 89.2 Å². The Bertz CT molecular complexity index is 1740. The quantitative estimate of drug-likeness (QED) is 0.197. The molecule has 0 unspecified atom stereocenters. The standard InChI is InChI=1S/C36H40ClN3O4S/c1-26-13-12-16-29(21-26)24-39(33(35(42)38-36(3,4)5)22-28-14-8-6-9-15-28)34(41)25-40(30-20-19-27(2)32(37)23-30)45(43,44)31-17-10-7-11-18-31/h6-21,23,33H,22,24-25H2,1-5H3,(H,38,42)/t33-/m0/s1. The van der Waals surface area contributed by atoms with Crippen molar-refractivity contribution in [2.24, 2.45) is 0 Å². The fourth-order valence-electron chi connectivity index (χ4n) is 5.00.